The van der Waals surface area contributed by atoms with Crippen LogP contribution in [0.2, 0.25) is 5.02 Å². The van der Waals surface area contributed by atoms with E-state index in [0.717, 1.165) is 10.6 Å². The quantitative estimate of drug-likeness (QED) is 0.513. The summed E-state index contributed by atoms with van der Waals surface area (Å²) in [6, 6.07) is 13.7. The fourth-order valence-corrected chi connectivity index (χ4v) is 2.21. The summed E-state index contributed by atoms with van der Waals surface area (Å²) >= 11 is 7.16. The van der Waals surface area contributed by atoms with Crippen LogP contribution in [0.4, 0.5) is 11.4 Å². The summed E-state index contributed by atoms with van der Waals surface area (Å²) in [5, 5.41) is 11.3. The second kappa shape index (κ2) is 5.75. The van der Waals surface area contributed by atoms with Crippen molar-refractivity contribution in [2.24, 2.45) is 0 Å². The van der Waals surface area contributed by atoms with Gasteiger partial charge in [0.2, 0.25) is 0 Å². The third-order valence-electron chi connectivity index (χ3n) is 2.14. The van der Waals surface area contributed by atoms with Crippen LogP contribution in [0.15, 0.2) is 53.4 Å². The van der Waals surface area contributed by atoms with Gasteiger partial charge < -0.3 is 4.72 Å². The summed E-state index contributed by atoms with van der Waals surface area (Å²) in [6.45, 7) is 0. The first-order chi connectivity index (χ1) is 8.65. The second-order valence-corrected chi connectivity index (χ2v) is 4.79. The number of nitrogens with zero attached hydrogens (tertiary/aromatic N) is 1. The first-order valence-corrected chi connectivity index (χ1v) is 6.27. The summed E-state index contributed by atoms with van der Waals surface area (Å²) in [4.78, 5) is 11.0. The molecule has 6 heteroatoms. The molecular weight excluding hydrogens is 272 g/mol. The molecule has 2 rings (SSSR count). The molecule has 1 N–H and O–H groups in total. The minimum Gasteiger partial charge on any atom is -0.326 e. The van der Waals surface area contributed by atoms with Gasteiger partial charge in [-0.1, -0.05) is 23.7 Å². The Morgan fingerprint density at radius 3 is 2.67 bits per heavy atom. The highest BCUT2D eigenvalue weighted by Crippen LogP contribution is 2.25. The maximum Gasteiger partial charge on any atom is 0.270 e. The van der Waals surface area contributed by atoms with Gasteiger partial charge in [-0.05, 0) is 36.2 Å². The van der Waals surface area contributed by atoms with Gasteiger partial charge in [0.15, 0.2) is 0 Å². The van der Waals surface area contributed by atoms with Crippen LogP contribution in [-0.2, 0) is 0 Å². The van der Waals surface area contributed by atoms with Crippen LogP contribution < -0.4 is 4.72 Å². The lowest BCUT2D eigenvalue weighted by atomic mass is 10.3. The molecule has 0 saturated carbocycles. The van der Waals surface area contributed by atoms with E-state index in [1.54, 1.807) is 24.3 Å². The molecule has 0 atom stereocenters. The van der Waals surface area contributed by atoms with E-state index >= 15 is 0 Å². The van der Waals surface area contributed by atoms with E-state index in [-0.39, 0.29) is 5.69 Å². The number of halogens is 1. The molecular formula is C12H9ClN2O2S. The van der Waals surface area contributed by atoms with Crippen molar-refractivity contribution in [1.29, 1.82) is 0 Å². The van der Waals surface area contributed by atoms with Crippen LogP contribution in [0.5, 0.6) is 0 Å². The zero-order valence-corrected chi connectivity index (χ0v) is 10.7. The molecule has 0 radical (unpaired) electrons. The summed E-state index contributed by atoms with van der Waals surface area (Å²) in [5.41, 5.74) is 0.923. The number of nitro benzene ring substituents is 1. The number of hydrogen-bond donors (Lipinski definition) is 1. The molecule has 0 unspecified atom stereocenters. The maximum atomic E-state index is 10.6. The van der Waals surface area contributed by atoms with Gasteiger partial charge in [0.05, 0.1) is 4.92 Å². The number of nitrogens with one attached hydrogen (secondary N) is 1. The Hall–Kier alpha value is -1.72. The molecule has 0 spiro atoms. The van der Waals surface area contributed by atoms with E-state index < -0.39 is 4.92 Å². The molecule has 92 valence electrons. The van der Waals surface area contributed by atoms with Crippen molar-refractivity contribution in [3.8, 4) is 0 Å². The number of rotatable bonds is 4. The van der Waals surface area contributed by atoms with E-state index in [2.05, 4.69) is 4.72 Å². The second-order valence-electron chi connectivity index (χ2n) is 3.47. The smallest absolute Gasteiger partial charge is 0.270 e. The van der Waals surface area contributed by atoms with Gasteiger partial charge in [-0.2, -0.15) is 0 Å². The van der Waals surface area contributed by atoms with Crippen LogP contribution in [0.1, 0.15) is 0 Å². The lowest BCUT2D eigenvalue weighted by Crippen LogP contribution is -1.89. The highest BCUT2D eigenvalue weighted by Gasteiger charge is 2.05. The Kier molecular flexibility index (Phi) is 4.07. The van der Waals surface area contributed by atoms with E-state index in [1.165, 1.54) is 24.1 Å². The van der Waals surface area contributed by atoms with Crippen LogP contribution in [0, 0.1) is 10.1 Å². The molecule has 0 aliphatic carbocycles. The van der Waals surface area contributed by atoms with Gasteiger partial charge in [0, 0.05) is 27.7 Å². The average molecular weight is 281 g/mol. The first kappa shape index (κ1) is 12.7. The zero-order valence-electron chi connectivity index (χ0n) is 9.17. The third kappa shape index (κ3) is 3.38. The van der Waals surface area contributed by atoms with Crippen molar-refractivity contribution >= 4 is 34.9 Å². The lowest BCUT2D eigenvalue weighted by Gasteiger charge is -2.05. The molecule has 18 heavy (non-hydrogen) atoms. The monoisotopic (exact) mass is 280 g/mol. The number of nitro groups is 1. The molecule has 0 fully saturated rings. The Morgan fingerprint density at radius 2 is 1.94 bits per heavy atom. The number of non-ortho nitro benzene ring substituents is 1. The highest BCUT2D eigenvalue weighted by molar-refractivity contribution is 8.00. The van der Waals surface area contributed by atoms with Crippen LogP contribution in [-0.4, -0.2) is 4.92 Å². The van der Waals surface area contributed by atoms with Crippen molar-refractivity contribution < 1.29 is 4.92 Å². The van der Waals surface area contributed by atoms with E-state index in [4.69, 9.17) is 11.6 Å². The minimum absolute atomic E-state index is 0.0768. The maximum absolute atomic E-state index is 10.6. The normalized spacial score (nSPS) is 10.1. The zero-order chi connectivity index (χ0) is 13.0. The van der Waals surface area contributed by atoms with Crippen LogP contribution in [0.3, 0.4) is 0 Å². The van der Waals surface area contributed by atoms with Gasteiger partial charge in [-0.25, -0.2) is 0 Å². The van der Waals surface area contributed by atoms with Gasteiger partial charge in [0.1, 0.15) is 0 Å². The summed E-state index contributed by atoms with van der Waals surface area (Å²) in [7, 11) is 0. The van der Waals surface area contributed by atoms with Gasteiger partial charge in [0.25, 0.3) is 5.69 Å². The molecule has 2 aromatic rings. The Bertz CT molecular complexity index is 578. The predicted octanol–water partition coefficient (Wildman–Crippen LogP) is 4.37. The molecule has 0 aliphatic rings. The van der Waals surface area contributed by atoms with Gasteiger partial charge in [-0.3, -0.25) is 10.1 Å². The van der Waals surface area contributed by atoms with Gasteiger partial charge >= 0.3 is 0 Å². The molecule has 0 aliphatic heterocycles. The Balaban J connectivity index is 2.06. The largest absolute Gasteiger partial charge is 0.326 e. The molecule has 2 aromatic carbocycles. The summed E-state index contributed by atoms with van der Waals surface area (Å²) < 4.78 is 3.08. The number of anilines is 1. The summed E-state index contributed by atoms with van der Waals surface area (Å²) in [6.07, 6.45) is 0. The van der Waals surface area contributed by atoms with Crippen molar-refractivity contribution in [3.63, 3.8) is 0 Å². The topological polar surface area (TPSA) is 55.2 Å². The molecule has 0 aromatic heterocycles. The first-order valence-electron chi connectivity index (χ1n) is 5.08. The highest BCUT2D eigenvalue weighted by atomic mass is 35.5. The fourth-order valence-electron chi connectivity index (χ4n) is 1.33. The average Bonchev–Trinajstić information content (AvgIpc) is 2.37. The van der Waals surface area contributed by atoms with Gasteiger partial charge in [-0.15, -0.1) is 0 Å². The summed E-state index contributed by atoms with van der Waals surface area (Å²) in [5.74, 6) is 0. The van der Waals surface area contributed by atoms with E-state index in [9.17, 15) is 10.1 Å². The standard InChI is InChI=1S/C12H9ClN2O2S/c13-9-3-1-4-10(7-9)14-18-12-6-2-5-11(8-12)15(16)17/h1-8,14H. The van der Waals surface area contributed by atoms with E-state index in [0.29, 0.717) is 5.02 Å². The SMILES string of the molecule is O=[N+]([O-])c1cccc(SNc2cccc(Cl)c2)c1. The molecule has 0 heterocycles. The molecule has 0 amide bonds. The van der Waals surface area contributed by atoms with Crippen molar-refractivity contribution in [1.82, 2.24) is 0 Å². The third-order valence-corrected chi connectivity index (χ3v) is 3.20. The molecule has 0 saturated heterocycles. The van der Waals surface area contributed by atoms with Crippen LogP contribution in [0.25, 0.3) is 0 Å². The van der Waals surface area contributed by atoms with Crippen molar-refractivity contribution in [2.45, 2.75) is 4.90 Å². The minimum atomic E-state index is -0.413. The van der Waals surface area contributed by atoms with Crippen molar-refractivity contribution in [3.05, 3.63) is 63.7 Å². The predicted molar refractivity (Wildman–Crippen MR) is 74.0 cm³/mol. The Morgan fingerprint density at radius 1 is 1.17 bits per heavy atom. The van der Waals surface area contributed by atoms with Crippen LogP contribution >= 0.6 is 23.5 Å². The number of benzene rings is 2. The molecule has 4 nitrogen and oxygen atoms in total. The van der Waals surface area contributed by atoms with Crippen molar-refractivity contribution in [2.75, 3.05) is 4.72 Å². The molecule has 0 bridgehead atoms. The lowest BCUT2D eigenvalue weighted by molar-refractivity contribution is -0.385. The van der Waals surface area contributed by atoms with E-state index in [1.807, 2.05) is 12.1 Å². The Labute approximate surface area is 113 Å². The fraction of sp³-hybridized carbons (Fsp3) is 0. The number of hydrogen-bond acceptors (Lipinski definition) is 4.